The molecule has 0 aliphatic heterocycles. The van der Waals surface area contributed by atoms with Crippen molar-refractivity contribution in [1.82, 2.24) is 0 Å². The zero-order valence-corrected chi connectivity index (χ0v) is 25.7. The Morgan fingerprint density at radius 3 is 0.722 bits per heavy atom. The summed E-state index contributed by atoms with van der Waals surface area (Å²) < 4.78 is 0. The molecule has 0 saturated carbocycles. The van der Waals surface area contributed by atoms with Crippen LogP contribution in [0.25, 0.3) is 0 Å². The third-order valence-corrected chi connectivity index (χ3v) is 8.24. The predicted molar refractivity (Wildman–Crippen MR) is 168 cm³/mol. The van der Waals surface area contributed by atoms with Crippen molar-refractivity contribution in [2.45, 2.75) is 213 Å². The van der Waals surface area contributed by atoms with Gasteiger partial charge in [0.25, 0.3) is 0 Å². The monoisotopic (exact) mass is 504 g/mol. The van der Waals surface area contributed by atoms with Gasteiger partial charge < -0.3 is 0 Å². The highest BCUT2D eigenvalue weighted by atomic mass is 14.1. The van der Waals surface area contributed by atoms with Crippen molar-refractivity contribution in [2.75, 3.05) is 0 Å². The first kappa shape index (κ1) is 35.7. The highest BCUT2D eigenvalue weighted by Gasteiger charge is 2.05. The van der Waals surface area contributed by atoms with Crippen LogP contribution >= 0.6 is 0 Å². The molecule has 0 N–H and O–H groups in total. The minimum Gasteiger partial charge on any atom is -0.102 e. The van der Waals surface area contributed by atoms with Crippen molar-refractivity contribution in [3.63, 3.8) is 0 Å². The maximum absolute atomic E-state index is 4.10. The molecule has 36 heavy (non-hydrogen) atoms. The Bertz CT molecular complexity index is 383. The summed E-state index contributed by atoms with van der Waals surface area (Å²) in [6, 6.07) is 0. The standard InChI is InChI=1S/C36H71/c1-4-7-9-11-13-15-17-19-21-23-25-27-29-31-33-35-36(6-3)34-32-30-28-26-24-22-20-18-16-14-12-10-8-5-2/h6H,3-5,7-35H2,1-2H3. The lowest BCUT2D eigenvalue weighted by atomic mass is 9.94. The third kappa shape index (κ3) is 30.0. The molecule has 0 aromatic heterocycles. The zero-order chi connectivity index (χ0) is 26.2. The molecule has 0 heteroatoms. The quantitative estimate of drug-likeness (QED) is 0.0800. The number of hydrogen-bond acceptors (Lipinski definition) is 0. The molecule has 0 aliphatic rings. The molecule has 0 amide bonds. The maximum atomic E-state index is 4.10. The van der Waals surface area contributed by atoms with Crippen LogP contribution in [0.1, 0.15) is 213 Å². The van der Waals surface area contributed by atoms with Crippen LogP contribution in [0.15, 0.2) is 12.7 Å². The summed E-state index contributed by atoms with van der Waals surface area (Å²) in [5, 5.41) is 0. The summed E-state index contributed by atoms with van der Waals surface area (Å²) in [5.74, 6) is 1.63. The minimum absolute atomic E-state index is 1.31. The van der Waals surface area contributed by atoms with Crippen LogP contribution in [0, 0.1) is 5.92 Å². The van der Waals surface area contributed by atoms with Gasteiger partial charge in [0.05, 0.1) is 0 Å². The van der Waals surface area contributed by atoms with Crippen LogP contribution in [0.2, 0.25) is 0 Å². The van der Waals surface area contributed by atoms with Gasteiger partial charge in [-0.05, 0) is 18.8 Å². The average Bonchev–Trinajstić information content (AvgIpc) is 2.89. The normalized spacial score (nSPS) is 11.5. The zero-order valence-electron chi connectivity index (χ0n) is 25.7. The molecule has 0 nitrogen and oxygen atoms in total. The number of hydrogen-bond donors (Lipinski definition) is 0. The molecule has 0 aliphatic carbocycles. The van der Waals surface area contributed by atoms with Gasteiger partial charge in [0.2, 0.25) is 0 Å². The van der Waals surface area contributed by atoms with Gasteiger partial charge in [-0.25, -0.2) is 0 Å². The van der Waals surface area contributed by atoms with Gasteiger partial charge in [0, 0.05) is 0 Å². The second-order valence-corrected chi connectivity index (χ2v) is 11.9. The van der Waals surface area contributed by atoms with Crippen LogP contribution < -0.4 is 0 Å². The van der Waals surface area contributed by atoms with Gasteiger partial charge in [-0.15, -0.1) is 6.58 Å². The minimum atomic E-state index is 1.31. The molecule has 0 unspecified atom stereocenters. The molecule has 0 rings (SSSR count). The second-order valence-electron chi connectivity index (χ2n) is 11.9. The van der Waals surface area contributed by atoms with Crippen molar-refractivity contribution < 1.29 is 0 Å². The van der Waals surface area contributed by atoms with Crippen molar-refractivity contribution in [3.05, 3.63) is 18.6 Å². The summed E-state index contributed by atoms with van der Waals surface area (Å²) in [6.45, 7) is 8.71. The predicted octanol–water partition coefficient (Wildman–Crippen LogP) is 13.9. The van der Waals surface area contributed by atoms with E-state index in [4.69, 9.17) is 0 Å². The maximum Gasteiger partial charge on any atom is -0.00301 e. The summed E-state index contributed by atoms with van der Waals surface area (Å²) in [6.07, 6.45) is 46.8. The summed E-state index contributed by atoms with van der Waals surface area (Å²) >= 11 is 0. The summed E-state index contributed by atoms with van der Waals surface area (Å²) in [5.41, 5.74) is 0. The van der Waals surface area contributed by atoms with E-state index in [9.17, 15) is 0 Å². The van der Waals surface area contributed by atoms with E-state index >= 15 is 0 Å². The first-order valence-electron chi connectivity index (χ1n) is 17.3. The highest BCUT2D eigenvalue weighted by molar-refractivity contribution is 5.05. The average molecular weight is 504 g/mol. The number of allylic oxidation sites excluding steroid dienone is 1. The van der Waals surface area contributed by atoms with E-state index < -0.39 is 0 Å². The molecule has 0 heterocycles. The Hall–Kier alpha value is -0.260. The third-order valence-electron chi connectivity index (χ3n) is 8.24. The molecule has 215 valence electrons. The van der Waals surface area contributed by atoms with Crippen LogP contribution in [-0.2, 0) is 0 Å². The van der Waals surface area contributed by atoms with Crippen molar-refractivity contribution in [2.24, 2.45) is 0 Å². The topological polar surface area (TPSA) is 0 Å². The van der Waals surface area contributed by atoms with E-state index in [2.05, 4.69) is 26.5 Å². The van der Waals surface area contributed by atoms with Gasteiger partial charge >= 0.3 is 0 Å². The largest absolute Gasteiger partial charge is 0.102 e. The lowest BCUT2D eigenvalue weighted by Gasteiger charge is -2.11. The lowest BCUT2D eigenvalue weighted by Crippen LogP contribution is -1.94. The van der Waals surface area contributed by atoms with E-state index in [1.54, 1.807) is 5.92 Å². The Morgan fingerprint density at radius 2 is 0.528 bits per heavy atom. The SMILES string of the molecule is C=C[C](CCCCCCCCCCCCCCCC)CCCCCCCCCCCCCCCCC. The fourth-order valence-electron chi connectivity index (χ4n) is 5.60. The highest BCUT2D eigenvalue weighted by Crippen LogP contribution is 2.22. The van der Waals surface area contributed by atoms with Crippen LogP contribution in [0.3, 0.4) is 0 Å². The van der Waals surface area contributed by atoms with Crippen molar-refractivity contribution >= 4 is 0 Å². The molecule has 0 aromatic rings. The Labute approximate surface area is 231 Å². The molecular formula is C36H71. The first-order chi connectivity index (χ1) is 17.8. The smallest absolute Gasteiger partial charge is 0.00301 e. The molecule has 0 atom stereocenters. The van der Waals surface area contributed by atoms with Gasteiger partial charge in [0.15, 0.2) is 0 Å². The molecule has 0 aromatic carbocycles. The number of rotatable bonds is 32. The van der Waals surface area contributed by atoms with Gasteiger partial charge in [-0.1, -0.05) is 206 Å². The fourth-order valence-corrected chi connectivity index (χ4v) is 5.60. The molecule has 0 bridgehead atoms. The van der Waals surface area contributed by atoms with Crippen molar-refractivity contribution in [3.8, 4) is 0 Å². The van der Waals surface area contributed by atoms with Crippen LogP contribution in [-0.4, -0.2) is 0 Å². The lowest BCUT2D eigenvalue weighted by molar-refractivity contribution is 0.524. The van der Waals surface area contributed by atoms with E-state index in [1.165, 1.54) is 199 Å². The van der Waals surface area contributed by atoms with Gasteiger partial charge in [-0.2, -0.15) is 0 Å². The van der Waals surface area contributed by atoms with Crippen LogP contribution in [0.4, 0.5) is 0 Å². The Kier molecular flexibility index (Phi) is 32.5. The summed E-state index contributed by atoms with van der Waals surface area (Å²) in [4.78, 5) is 0. The van der Waals surface area contributed by atoms with Crippen LogP contribution in [0.5, 0.6) is 0 Å². The fraction of sp³-hybridized carbons (Fsp3) is 0.917. The van der Waals surface area contributed by atoms with Gasteiger partial charge in [0.1, 0.15) is 0 Å². The summed E-state index contributed by atoms with van der Waals surface area (Å²) in [7, 11) is 0. The van der Waals surface area contributed by atoms with Crippen molar-refractivity contribution in [1.29, 1.82) is 0 Å². The number of unbranched alkanes of at least 4 members (excludes halogenated alkanes) is 27. The van der Waals surface area contributed by atoms with E-state index in [0.29, 0.717) is 0 Å². The Balaban J connectivity index is 3.26. The molecule has 0 fully saturated rings. The van der Waals surface area contributed by atoms with Gasteiger partial charge in [-0.3, -0.25) is 0 Å². The Morgan fingerprint density at radius 1 is 0.333 bits per heavy atom. The first-order valence-corrected chi connectivity index (χ1v) is 17.3. The molecular weight excluding hydrogens is 432 g/mol. The van der Waals surface area contributed by atoms with E-state index in [1.807, 2.05) is 0 Å². The molecule has 0 spiro atoms. The van der Waals surface area contributed by atoms with E-state index in [0.717, 1.165) is 0 Å². The molecule has 0 saturated heterocycles. The second kappa shape index (κ2) is 32.8. The van der Waals surface area contributed by atoms with E-state index in [-0.39, 0.29) is 0 Å². The molecule has 1 radical (unpaired) electrons.